The summed E-state index contributed by atoms with van der Waals surface area (Å²) in [5, 5.41) is 0. The van der Waals surface area contributed by atoms with Gasteiger partial charge in [0.1, 0.15) is 5.78 Å². The Hall–Kier alpha value is -1.00. The highest BCUT2D eigenvalue weighted by molar-refractivity contribution is 7.91. The van der Waals surface area contributed by atoms with Gasteiger partial charge in [-0.25, -0.2) is 13.2 Å². The molecule has 0 radical (unpaired) electrons. The Morgan fingerprint density at radius 3 is 2.56 bits per heavy atom. The van der Waals surface area contributed by atoms with E-state index < -0.39 is 15.4 Å². The molecule has 16 heavy (non-hydrogen) atoms. The van der Waals surface area contributed by atoms with Gasteiger partial charge in [-0.15, -0.1) is 0 Å². The quantitative estimate of drug-likeness (QED) is 0.514. The largest absolute Gasteiger partial charge is 0.300 e. The number of rotatable bonds is 2. The highest BCUT2D eigenvalue weighted by Crippen LogP contribution is 2.43. The number of nitrogens with zero attached hydrogens (tertiary/aromatic N) is 1. The Labute approximate surface area is 93.9 Å². The van der Waals surface area contributed by atoms with Gasteiger partial charge in [-0.1, -0.05) is 0 Å². The number of carbonyl (C=O) groups excluding carboxylic acids is 2. The predicted octanol–water partition coefficient (Wildman–Crippen LogP) is 0.249. The van der Waals surface area contributed by atoms with Gasteiger partial charge >= 0.3 is 0 Å². The first kappa shape index (κ1) is 11.5. The van der Waals surface area contributed by atoms with Crippen LogP contribution in [0.3, 0.4) is 0 Å². The number of Topliss-reactive ketones (excluding diaryl/α,β-unsaturated/α-hetero) is 1. The summed E-state index contributed by atoms with van der Waals surface area (Å²) in [6.45, 7) is 0. The highest BCUT2D eigenvalue weighted by atomic mass is 32.2. The molecule has 1 saturated heterocycles. The Morgan fingerprint density at radius 2 is 2.06 bits per heavy atom. The van der Waals surface area contributed by atoms with Crippen molar-refractivity contribution >= 4 is 21.7 Å². The number of hydrogen-bond acceptors (Lipinski definition) is 5. The first-order valence-electron chi connectivity index (χ1n) is 5.29. The smallest absolute Gasteiger partial charge is 0.235 e. The van der Waals surface area contributed by atoms with Crippen molar-refractivity contribution in [2.45, 2.75) is 31.2 Å². The third-order valence-electron chi connectivity index (χ3n) is 3.50. The molecule has 2 fully saturated rings. The van der Waals surface area contributed by atoms with Crippen LogP contribution in [0.15, 0.2) is 4.99 Å². The molecule has 0 amide bonds. The molecule has 2 aliphatic rings. The zero-order valence-electron chi connectivity index (χ0n) is 8.81. The molecule has 0 aromatic heterocycles. The van der Waals surface area contributed by atoms with Crippen molar-refractivity contribution in [3.63, 3.8) is 0 Å². The Kier molecular flexibility index (Phi) is 2.72. The topological polar surface area (TPSA) is 80.6 Å². The van der Waals surface area contributed by atoms with Crippen molar-refractivity contribution in [2.75, 3.05) is 11.5 Å². The van der Waals surface area contributed by atoms with Gasteiger partial charge in [0.25, 0.3) is 0 Å². The van der Waals surface area contributed by atoms with Crippen molar-refractivity contribution in [3.05, 3.63) is 0 Å². The monoisotopic (exact) mass is 243 g/mol. The van der Waals surface area contributed by atoms with E-state index in [-0.39, 0.29) is 36.0 Å². The summed E-state index contributed by atoms with van der Waals surface area (Å²) >= 11 is 0. The second kappa shape index (κ2) is 3.79. The Morgan fingerprint density at radius 1 is 1.38 bits per heavy atom. The molecule has 1 atom stereocenters. The third-order valence-corrected chi connectivity index (χ3v) is 5.32. The summed E-state index contributed by atoms with van der Waals surface area (Å²) in [6, 6.07) is 0. The van der Waals surface area contributed by atoms with Crippen molar-refractivity contribution in [1.82, 2.24) is 0 Å². The van der Waals surface area contributed by atoms with E-state index in [1.807, 2.05) is 0 Å². The maximum Gasteiger partial charge on any atom is 0.235 e. The van der Waals surface area contributed by atoms with Gasteiger partial charge in [-0.3, -0.25) is 4.79 Å². The fourth-order valence-corrected chi connectivity index (χ4v) is 4.49. The maximum atomic E-state index is 11.5. The lowest BCUT2D eigenvalue weighted by molar-refractivity contribution is -0.129. The SMILES string of the molecule is O=C=NC1(C2CCCS(=O)(=O)C2)CC(=O)C1. The number of sulfone groups is 1. The van der Waals surface area contributed by atoms with Crippen molar-refractivity contribution < 1.29 is 18.0 Å². The van der Waals surface area contributed by atoms with Gasteiger partial charge in [0.2, 0.25) is 6.08 Å². The van der Waals surface area contributed by atoms with E-state index in [1.54, 1.807) is 0 Å². The molecule has 6 heteroatoms. The van der Waals surface area contributed by atoms with Crippen LogP contribution in [0.1, 0.15) is 25.7 Å². The number of isocyanates is 1. The second-order valence-corrected chi connectivity index (χ2v) is 6.88. The van der Waals surface area contributed by atoms with Crippen LogP contribution < -0.4 is 0 Å². The van der Waals surface area contributed by atoms with Crippen LogP contribution in [0.25, 0.3) is 0 Å². The molecule has 0 bridgehead atoms. The molecular formula is C10H13NO4S. The molecule has 1 heterocycles. The van der Waals surface area contributed by atoms with Crippen LogP contribution in [0.4, 0.5) is 0 Å². The van der Waals surface area contributed by atoms with Gasteiger partial charge < -0.3 is 0 Å². The molecule has 0 spiro atoms. The Balaban J connectivity index is 2.22. The van der Waals surface area contributed by atoms with E-state index in [0.717, 1.165) is 6.42 Å². The molecule has 88 valence electrons. The summed E-state index contributed by atoms with van der Waals surface area (Å²) < 4.78 is 23.0. The zero-order chi connectivity index (χ0) is 11.8. The van der Waals surface area contributed by atoms with Gasteiger partial charge in [-0.2, -0.15) is 4.99 Å². The first-order valence-corrected chi connectivity index (χ1v) is 7.11. The standard InChI is InChI=1S/C10H13NO4S/c12-7-11-10(4-9(13)5-10)8-2-1-3-16(14,15)6-8/h8H,1-6H2. The molecule has 1 unspecified atom stereocenters. The summed E-state index contributed by atoms with van der Waals surface area (Å²) in [4.78, 5) is 25.1. The minimum absolute atomic E-state index is 0.0435. The van der Waals surface area contributed by atoms with Crippen LogP contribution in [-0.2, 0) is 19.4 Å². The number of carbonyl (C=O) groups is 1. The molecular weight excluding hydrogens is 230 g/mol. The molecule has 5 nitrogen and oxygen atoms in total. The van der Waals surface area contributed by atoms with E-state index in [0.29, 0.717) is 6.42 Å². The average molecular weight is 243 g/mol. The normalized spacial score (nSPS) is 31.2. The molecule has 1 saturated carbocycles. The second-order valence-electron chi connectivity index (χ2n) is 4.65. The van der Waals surface area contributed by atoms with Crippen LogP contribution in [0.2, 0.25) is 0 Å². The van der Waals surface area contributed by atoms with Gasteiger partial charge in [0.15, 0.2) is 9.84 Å². The van der Waals surface area contributed by atoms with E-state index in [1.165, 1.54) is 6.08 Å². The van der Waals surface area contributed by atoms with Gasteiger partial charge in [0, 0.05) is 12.8 Å². The lowest BCUT2D eigenvalue weighted by Crippen LogP contribution is -2.52. The number of aliphatic imine (C=N–C) groups is 1. The minimum Gasteiger partial charge on any atom is -0.300 e. The number of hydrogen-bond donors (Lipinski definition) is 0. The van der Waals surface area contributed by atoms with Gasteiger partial charge in [-0.05, 0) is 18.8 Å². The van der Waals surface area contributed by atoms with Gasteiger partial charge in [0.05, 0.1) is 17.0 Å². The van der Waals surface area contributed by atoms with Crippen molar-refractivity contribution in [3.8, 4) is 0 Å². The Bertz CT molecular complexity index is 453. The first-order chi connectivity index (χ1) is 7.47. The third kappa shape index (κ3) is 1.95. The van der Waals surface area contributed by atoms with Crippen molar-refractivity contribution in [1.29, 1.82) is 0 Å². The predicted molar refractivity (Wildman–Crippen MR) is 56.5 cm³/mol. The number of ketones is 1. The van der Waals surface area contributed by atoms with E-state index in [4.69, 9.17) is 0 Å². The average Bonchev–Trinajstić information content (AvgIpc) is 2.13. The molecule has 0 aromatic carbocycles. The van der Waals surface area contributed by atoms with Crippen LogP contribution >= 0.6 is 0 Å². The fraction of sp³-hybridized carbons (Fsp3) is 0.800. The van der Waals surface area contributed by atoms with Crippen molar-refractivity contribution in [2.24, 2.45) is 10.9 Å². The fourth-order valence-electron chi connectivity index (χ4n) is 2.63. The van der Waals surface area contributed by atoms with E-state index in [9.17, 15) is 18.0 Å². The maximum absolute atomic E-state index is 11.5. The summed E-state index contributed by atoms with van der Waals surface area (Å²) in [5.74, 6) is 0.108. The lowest BCUT2D eigenvalue weighted by Gasteiger charge is -2.43. The van der Waals surface area contributed by atoms with E-state index in [2.05, 4.69) is 4.99 Å². The summed E-state index contributed by atoms with van der Waals surface area (Å²) in [6.07, 6.45) is 3.19. The minimum atomic E-state index is -3.03. The molecule has 0 aromatic rings. The lowest BCUT2D eigenvalue weighted by atomic mass is 9.67. The van der Waals surface area contributed by atoms with Crippen LogP contribution in [0, 0.1) is 5.92 Å². The zero-order valence-corrected chi connectivity index (χ0v) is 9.62. The summed E-state index contributed by atoms with van der Waals surface area (Å²) in [5.41, 5.74) is -0.758. The van der Waals surface area contributed by atoms with Crippen LogP contribution in [-0.4, -0.2) is 37.3 Å². The molecule has 1 aliphatic carbocycles. The van der Waals surface area contributed by atoms with E-state index >= 15 is 0 Å². The summed E-state index contributed by atoms with van der Waals surface area (Å²) in [7, 11) is -3.03. The van der Waals surface area contributed by atoms with Crippen LogP contribution in [0.5, 0.6) is 0 Å². The molecule has 2 rings (SSSR count). The molecule has 1 aliphatic heterocycles. The molecule has 0 N–H and O–H groups in total. The highest BCUT2D eigenvalue weighted by Gasteiger charge is 2.51.